The molecule has 1 saturated heterocycles. The maximum absolute atomic E-state index is 6.36. The van der Waals surface area contributed by atoms with Crippen LogP contribution < -0.4 is 5.73 Å². The number of nitrogens with zero attached hydrogens (tertiary/aromatic N) is 2. The third kappa shape index (κ3) is 3.80. The summed E-state index contributed by atoms with van der Waals surface area (Å²) >= 11 is 0. The average molecular weight is 296 g/mol. The highest BCUT2D eigenvalue weighted by Crippen LogP contribution is 2.52. The van der Waals surface area contributed by atoms with Crippen molar-refractivity contribution in [3.8, 4) is 0 Å². The average Bonchev–Trinajstić information content (AvgIpc) is 2.35. The molecule has 1 heterocycles. The fraction of sp³-hybridized carbons (Fsp3) is 1.00. The molecule has 2 rings (SSSR count). The zero-order chi connectivity index (χ0) is 15.9. The first-order valence-electron chi connectivity index (χ1n) is 8.71. The number of likely N-dealkylation sites (N-methyl/N-ethyl adjacent to an activating group) is 1. The van der Waals surface area contributed by atoms with Gasteiger partial charge in [-0.2, -0.15) is 0 Å². The first-order chi connectivity index (χ1) is 9.59. The fourth-order valence-corrected chi connectivity index (χ4v) is 5.57. The van der Waals surface area contributed by atoms with Gasteiger partial charge in [-0.15, -0.1) is 0 Å². The Labute approximate surface area is 132 Å². The Morgan fingerprint density at radius 2 is 1.48 bits per heavy atom. The zero-order valence-corrected chi connectivity index (χ0v) is 15.2. The van der Waals surface area contributed by atoms with Crippen molar-refractivity contribution < 1.29 is 0 Å². The second-order valence-corrected chi connectivity index (χ2v) is 9.43. The second-order valence-electron chi connectivity index (χ2n) is 9.43. The molecule has 124 valence electrons. The largest absolute Gasteiger partial charge is 0.329 e. The van der Waals surface area contributed by atoms with E-state index in [1.54, 1.807) is 0 Å². The number of piperidine rings is 1. The molecule has 2 fully saturated rings. The Bertz CT molecular complexity index is 337. The summed E-state index contributed by atoms with van der Waals surface area (Å²) in [6.45, 7) is 13.0. The number of hydrogen-bond acceptors (Lipinski definition) is 3. The van der Waals surface area contributed by atoms with E-state index in [9.17, 15) is 0 Å². The normalized spacial score (nSPS) is 29.7. The fourth-order valence-electron chi connectivity index (χ4n) is 5.57. The van der Waals surface area contributed by atoms with Crippen LogP contribution in [0.2, 0.25) is 0 Å². The molecule has 0 aromatic rings. The van der Waals surface area contributed by atoms with Gasteiger partial charge in [0.25, 0.3) is 0 Å². The molecular weight excluding hydrogens is 258 g/mol. The highest BCUT2D eigenvalue weighted by molar-refractivity contribution is 5.05. The van der Waals surface area contributed by atoms with E-state index in [1.807, 2.05) is 0 Å². The molecular formula is C18H37N3. The summed E-state index contributed by atoms with van der Waals surface area (Å²) < 4.78 is 0. The molecule has 1 saturated carbocycles. The highest BCUT2D eigenvalue weighted by atomic mass is 15.2. The van der Waals surface area contributed by atoms with E-state index < -0.39 is 0 Å². The lowest BCUT2D eigenvalue weighted by molar-refractivity contribution is -0.0587. The molecule has 0 amide bonds. The van der Waals surface area contributed by atoms with E-state index >= 15 is 0 Å². The number of nitrogens with two attached hydrogens (primary N) is 1. The molecule has 0 radical (unpaired) electrons. The molecule has 3 nitrogen and oxygen atoms in total. The van der Waals surface area contributed by atoms with Crippen molar-refractivity contribution in [3.63, 3.8) is 0 Å². The Hall–Kier alpha value is -0.120. The van der Waals surface area contributed by atoms with Gasteiger partial charge in [-0.05, 0) is 70.1 Å². The lowest BCUT2D eigenvalue weighted by atomic mass is 9.57. The molecule has 21 heavy (non-hydrogen) atoms. The van der Waals surface area contributed by atoms with Crippen LogP contribution in [0.1, 0.15) is 59.8 Å². The Morgan fingerprint density at radius 1 is 1.00 bits per heavy atom. The Kier molecular flexibility index (Phi) is 4.78. The zero-order valence-electron chi connectivity index (χ0n) is 15.2. The molecule has 0 unspecified atom stereocenters. The topological polar surface area (TPSA) is 32.5 Å². The van der Waals surface area contributed by atoms with Crippen LogP contribution in [0.3, 0.4) is 0 Å². The van der Waals surface area contributed by atoms with E-state index in [2.05, 4.69) is 51.6 Å². The Balaban J connectivity index is 2.19. The third-order valence-electron chi connectivity index (χ3n) is 5.94. The minimum absolute atomic E-state index is 0.186. The van der Waals surface area contributed by atoms with Crippen molar-refractivity contribution in [1.82, 2.24) is 9.80 Å². The molecule has 0 bridgehead atoms. The third-order valence-corrected chi connectivity index (χ3v) is 5.94. The van der Waals surface area contributed by atoms with E-state index in [4.69, 9.17) is 5.73 Å². The molecule has 1 aliphatic carbocycles. The van der Waals surface area contributed by atoms with Crippen molar-refractivity contribution in [2.24, 2.45) is 16.6 Å². The molecule has 1 aliphatic heterocycles. The van der Waals surface area contributed by atoms with Gasteiger partial charge < -0.3 is 10.6 Å². The van der Waals surface area contributed by atoms with Crippen LogP contribution in [0, 0.1) is 10.8 Å². The molecule has 0 aromatic heterocycles. The van der Waals surface area contributed by atoms with Gasteiger partial charge in [0, 0.05) is 18.1 Å². The SMILES string of the molecule is CN1CCC(N(C)C2(CN)CC(C)(C)CC(C)(C)C2)CC1. The molecule has 2 aliphatic rings. The minimum atomic E-state index is 0.186. The summed E-state index contributed by atoms with van der Waals surface area (Å²) in [5.41, 5.74) is 7.33. The van der Waals surface area contributed by atoms with Crippen LogP contribution in [-0.2, 0) is 0 Å². The molecule has 0 aromatic carbocycles. The maximum Gasteiger partial charge on any atom is 0.0341 e. The molecule has 2 N–H and O–H groups in total. The van der Waals surface area contributed by atoms with Crippen molar-refractivity contribution in [2.45, 2.75) is 71.4 Å². The molecule has 0 atom stereocenters. The quantitative estimate of drug-likeness (QED) is 0.869. The summed E-state index contributed by atoms with van der Waals surface area (Å²) in [7, 11) is 4.59. The molecule has 3 heteroatoms. The first-order valence-corrected chi connectivity index (χ1v) is 8.71. The van der Waals surface area contributed by atoms with Crippen molar-refractivity contribution >= 4 is 0 Å². The highest BCUT2D eigenvalue weighted by Gasteiger charge is 2.50. The summed E-state index contributed by atoms with van der Waals surface area (Å²) in [6, 6.07) is 0.703. The Morgan fingerprint density at radius 3 is 1.90 bits per heavy atom. The lowest BCUT2D eigenvalue weighted by Crippen LogP contribution is -2.63. The van der Waals surface area contributed by atoms with Gasteiger partial charge in [0.2, 0.25) is 0 Å². The van der Waals surface area contributed by atoms with Gasteiger partial charge in [0.05, 0.1) is 0 Å². The number of rotatable bonds is 3. The number of hydrogen-bond donors (Lipinski definition) is 1. The van der Waals surface area contributed by atoms with Crippen molar-refractivity contribution in [2.75, 3.05) is 33.7 Å². The second kappa shape index (κ2) is 5.82. The monoisotopic (exact) mass is 295 g/mol. The van der Waals surface area contributed by atoms with E-state index in [-0.39, 0.29) is 5.54 Å². The molecule has 0 spiro atoms. The predicted octanol–water partition coefficient (Wildman–Crippen LogP) is 2.95. The van der Waals surface area contributed by atoms with Gasteiger partial charge in [-0.3, -0.25) is 4.90 Å². The van der Waals surface area contributed by atoms with Crippen LogP contribution >= 0.6 is 0 Å². The minimum Gasteiger partial charge on any atom is -0.329 e. The number of likely N-dealkylation sites (tertiary alicyclic amines) is 1. The van der Waals surface area contributed by atoms with Crippen molar-refractivity contribution in [1.29, 1.82) is 0 Å². The van der Waals surface area contributed by atoms with Gasteiger partial charge in [0.15, 0.2) is 0 Å². The van der Waals surface area contributed by atoms with Crippen LogP contribution in [-0.4, -0.2) is 55.1 Å². The first kappa shape index (κ1) is 17.2. The van der Waals surface area contributed by atoms with Crippen LogP contribution in [0.4, 0.5) is 0 Å². The smallest absolute Gasteiger partial charge is 0.0341 e. The summed E-state index contributed by atoms with van der Waals surface area (Å²) in [4.78, 5) is 5.14. The summed E-state index contributed by atoms with van der Waals surface area (Å²) in [5, 5.41) is 0. The van der Waals surface area contributed by atoms with Gasteiger partial charge in [0.1, 0.15) is 0 Å². The van der Waals surface area contributed by atoms with E-state index in [1.165, 1.54) is 45.2 Å². The lowest BCUT2D eigenvalue weighted by Gasteiger charge is -2.57. The standard InChI is InChI=1S/C18H37N3/c1-16(2)11-17(3,4)13-18(12-16,14-19)21(6)15-7-9-20(5)10-8-15/h15H,7-14,19H2,1-6H3. The van der Waals surface area contributed by atoms with Crippen LogP contribution in [0.5, 0.6) is 0 Å². The van der Waals surface area contributed by atoms with Crippen molar-refractivity contribution in [3.05, 3.63) is 0 Å². The van der Waals surface area contributed by atoms with E-state index in [0.717, 1.165) is 6.54 Å². The maximum atomic E-state index is 6.36. The predicted molar refractivity (Wildman–Crippen MR) is 91.5 cm³/mol. The summed E-state index contributed by atoms with van der Waals surface area (Å²) in [6.07, 6.45) is 6.36. The van der Waals surface area contributed by atoms with Gasteiger partial charge in [-0.1, -0.05) is 27.7 Å². The summed E-state index contributed by atoms with van der Waals surface area (Å²) in [5.74, 6) is 0. The van der Waals surface area contributed by atoms with E-state index in [0.29, 0.717) is 16.9 Å². The van der Waals surface area contributed by atoms with Gasteiger partial charge >= 0.3 is 0 Å². The van der Waals surface area contributed by atoms with Crippen LogP contribution in [0.25, 0.3) is 0 Å². The van der Waals surface area contributed by atoms with Gasteiger partial charge in [-0.25, -0.2) is 0 Å². The van der Waals surface area contributed by atoms with Crippen LogP contribution in [0.15, 0.2) is 0 Å².